The molecule has 76 valence electrons. The van der Waals surface area contributed by atoms with E-state index >= 15 is 0 Å². The molecule has 0 aromatic carbocycles. The summed E-state index contributed by atoms with van der Waals surface area (Å²) < 4.78 is 21.2. The van der Waals surface area contributed by atoms with Gasteiger partial charge in [-0.05, 0) is 13.3 Å². The molecule has 1 rings (SSSR count). The molecule has 0 aliphatic carbocycles. The second-order valence-electron chi connectivity index (χ2n) is 2.35. The zero-order chi connectivity index (χ0) is 9.19. The highest BCUT2D eigenvalue weighted by Crippen LogP contribution is 2.14. The molecule has 0 bridgehead atoms. The van der Waals surface area contributed by atoms with E-state index in [1.54, 1.807) is 5.51 Å². The summed E-state index contributed by atoms with van der Waals surface area (Å²) in [5.74, 6) is -0.0163. The molecule has 7 heteroatoms. The molecular weight excluding hydrogens is 253 g/mol. The van der Waals surface area contributed by atoms with Crippen LogP contribution in [0.15, 0.2) is 5.51 Å². The Balaban J connectivity index is 0.00000144. The predicted molar refractivity (Wildman–Crippen MR) is 57.4 cm³/mol. The molecule has 0 saturated heterocycles. The van der Waals surface area contributed by atoms with E-state index in [1.165, 1.54) is 11.3 Å². The third-order valence-electron chi connectivity index (χ3n) is 1.42. The van der Waals surface area contributed by atoms with E-state index in [-0.39, 0.29) is 18.2 Å². The average Bonchev–Trinajstić information content (AvgIpc) is 2.29. The van der Waals surface area contributed by atoms with Crippen LogP contribution in [0.5, 0.6) is 0 Å². The maximum Gasteiger partial charge on any atom is 0.232 e. The van der Waals surface area contributed by atoms with Crippen LogP contribution in [0, 0.1) is 6.92 Å². The summed E-state index contributed by atoms with van der Waals surface area (Å²) >= 11 is 1.46. The summed E-state index contributed by atoms with van der Waals surface area (Å²) in [5, 5.41) is 0. The van der Waals surface area contributed by atoms with E-state index in [9.17, 15) is 8.42 Å². The Labute approximate surface area is 92.0 Å². The highest BCUT2D eigenvalue weighted by molar-refractivity contribution is 8.13. The second-order valence-corrected chi connectivity index (χ2v) is 6.19. The first-order valence-corrected chi connectivity index (χ1v) is 6.66. The van der Waals surface area contributed by atoms with Crippen LogP contribution in [0.1, 0.15) is 10.6 Å². The van der Waals surface area contributed by atoms with Gasteiger partial charge in [0.2, 0.25) is 9.05 Å². The van der Waals surface area contributed by atoms with E-state index in [0.717, 1.165) is 10.6 Å². The first-order chi connectivity index (χ1) is 5.49. The fraction of sp³-hybridized carbons (Fsp3) is 0.500. The fourth-order valence-corrected chi connectivity index (χ4v) is 2.37. The van der Waals surface area contributed by atoms with Crippen molar-refractivity contribution < 1.29 is 8.42 Å². The Morgan fingerprint density at radius 2 is 2.23 bits per heavy atom. The molecule has 0 spiro atoms. The SMILES string of the molecule is Cc1ncsc1CCS(=O)(=O)Cl.Cl. The van der Waals surface area contributed by atoms with Crippen LogP contribution in [0.2, 0.25) is 0 Å². The molecule has 0 unspecified atom stereocenters. The van der Waals surface area contributed by atoms with Gasteiger partial charge in [0.1, 0.15) is 0 Å². The third-order valence-corrected chi connectivity index (χ3v) is 3.57. The number of aryl methyl sites for hydroxylation is 2. The lowest BCUT2D eigenvalue weighted by molar-refractivity contribution is 0.609. The maximum atomic E-state index is 10.6. The van der Waals surface area contributed by atoms with Gasteiger partial charge in [0.25, 0.3) is 0 Å². The van der Waals surface area contributed by atoms with Crippen LogP contribution in [0.3, 0.4) is 0 Å². The molecule has 0 atom stereocenters. The van der Waals surface area contributed by atoms with Gasteiger partial charge in [0, 0.05) is 15.6 Å². The third kappa shape index (κ3) is 4.81. The predicted octanol–water partition coefficient (Wildman–Crippen LogP) is 1.98. The second kappa shape index (κ2) is 5.14. The Morgan fingerprint density at radius 3 is 2.62 bits per heavy atom. The summed E-state index contributed by atoms with van der Waals surface area (Å²) in [4.78, 5) is 4.98. The Morgan fingerprint density at radius 1 is 1.62 bits per heavy atom. The van der Waals surface area contributed by atoms with Crippen molar-refractivity contribution in [2.75, 3.05) is 5.75 Å². The largest absolute Gasteiger partial charge is 0.250 e. The van der Waals surface area contributed by atoms with Crippen LogP contribution in [-0.4, -0.2) is 19.2 Å². The van der Waals surface area contributed by atoms with Gasteiger partial charge < -0.3 is 0 Å². The van der Waals surface area contributed by atoms with E-state index in [2.05, 4.69) is 4.98 Å². The molecule has 0 aliphatic heterocycles. The van der Waals surface area contributed by atoms with Gasteiger partial charge in [-0.3, -0.25) is 0 Å². The van der Waals surface area contributed by atoms with E-state index in [4.69, 9.17) is 10.7 Å². The zero-order valence-electron chi connectivity index (χ0n) is 6.86. The number of halogens is 2. The number of nitrogens with zero attached hydrogens (tertiary/aromatic N) is 1. The lowest BCUT2D eigenvalue weighted by atomic mass is 10.3. The Bertz CT molecular complexity index is 360. The topological polar surface area (TPSA) is 47.0 Å². The summed E-state index contributed by atoms with van der Waals surface area (Å²) in [6.07, 6.45) is 0.461. The lowest BCUT2D eigenvalue weighted by Crippen LogP contribution is -2.00. The van der Waals surface area contributed by atoms with Gasteiger partial charge in [0.15, 0.2) is 0 Å². The highest BCUT2D eigenvalue weighted by Gasteiger charge is 2.08. The first-order valence-electron chi connectivity index (χ1n) is 3.30. The molecule has 1 aromatic rings. The van der Waals surface area contributed by atoms with Gasteiger partial charge in [-0.1, -0.05) is 0 Å². The van der Waals surface area contributed by atoms with Crippen LogP contribution < -0.4 is 0 Å². The van der Waals surface area contributed by atoms with Crippen molar-refractivity contribution in [3.05, 3.63) is 16.1 Å². The van der Waals surface area contributed by atoms with Crippen LogP contribution in [0.4, 0.5) is 0 Å². The van der Waals surface area contributed by atoms with Gasteiger partial charge in [-0.15, -0.1) is 23.7 Å². The molecule has 3 nitrogen and oxygen atoms in total. The minimum Gasteiger partial charge on any atom is -0.250 e. The minimum atomic E-state index is -3.37. The van der Waals surface area contributed by atoms with E-state index in [1.807, 2.05) is 6.92 Å². The van der Waals surface area contributed by atoms with Crippen molar-refractivity contribution in [2.24, 2.45) is 0 Å². The molecule has 0 radical (unpaired) electrons. The summed E-state index contributed by atoms with van der Waals surface area (Å²) in [6.45, 7) is 1.85. The Kier molecular flexibility index (Phi) is 5.21. The maximum absolute atomic E-state index is 10.6. The van der Waals surface area contributed by atoms with Crippen LogP contribution >= 0.6 is 34.4 Å². The normalized spacial score (nSPS) is 10.9. The molecule has 0 saturated carbocycles. The van der Waals surface area contributed by atoms with Crippen LogP contribution in [-0.2, 0) is 15.5 Å². The van der Waals surface area contributed by atoms with Crippen molar-refractivity contribution in [2.45, 2.75) is 13.3 Å². The molecule has 0 amide bonds. The van der Waals surface area contributed by atoms with Crippen molar-refractivity contribution in [1.82, 2.24) is 4.98 Å². The minimum absolute atomic E-state index is 0. The van der Waals surface area contributed by atoms with Gasteiger partial charge in [-0.2, -0.15) is 0 Å². The molecule has 0 fully saturated rings. The number of aromatic nitrogens is 1. The van der Waals surface area contributed by atoms with Crippen molar-refractivity contribution in [3.8, 4) is 0 Å². The van der Waals surface area contributed by atoms with Gasteiger partial charge in [0.05, 0.1) is 17.0 Å². The summed E-state index contributed by atoms with van der Waals surface area (Å²) in [6, 6.07) is 0. The molecule has 1 aromatic heterocycles. The smallest absolute Gasteiger partial charge is 0.232 e. The highest BCUT2D eigenvalue weighted by atomic mass is 35.7. The molecule has 0 N–H and O–H groups in total. The standard InChI is InChI=1S/C6H8ClNO2S2.ClH/c1-5-6(11-4-8-5)2-3-12(7,9)10;/h4H,2-3H2,1H3;1H. The van der Waals surface area contributed by atoms with Crippen molar-refractivity contribution >= 4 is 43.5 Å². The molecular formula is C6H9Cl2NO2S2. The lowest BCUT2D eigenvalue weighted by Gasteiger charge is -1.94. The fourth-order valence-electron chi connectivity index (χ4n) is 0.781. The van der Waals surface area contributed by atoms with Crippen molar-refractivity contribution in [1.29, 1.82) is 0 Å². The van der Waals surface area contributed by atoms with E-state index < -0.39 is 9.05 Å². The quantitative estimate of drug-likeness (QED) is 0.782. The average molecular weight is 262 g/mol. The van der Waals surface area contributed by atoms with Crippen molar-refractivity contribution in [3.63, 3.8) is 0 Å². The molecule has 0 aliphatic rings. The monoisotopic (exact) mass is 261 g/mol. The van der Waals surface area contributed by atoms with E-state index in [0.29, 0.717) is 6.42 Å². The Hall–Kier alpha value is 0.160. The molecule has 13 heavy (non-hydrogen) atoms. The number of thiazole rings is 1. The van der Waals surface area contributed by atoms with Gasteiger partial charge >= 0.3 is 0 Å². The van der Waals surface area contributed by atoms with Gasteiger partial charge in [-0.25, -0.2) is 13.4 Å². The van der Waals surface area contributed by atoms with Crippen LogP contribution in [0.25, 0.3) is 0 Å². The first kappa shape index (κ1) is 13.2. The number of hydrogen-bond acceptors (Lipinski definition) is 4. The number of rotatable bonds is 3. The molecule has 1 heterocycles. The summed E-state index contributed by atoms with van der Waals surface area (Å²) in [5.41, 5.74) is 2.59. The zero-order valence-corrected chi connectivity index (χ0v) is 10.1. The number of hydrogen-bond donors (Lipinski definition) is 0. The summed E-state index contributed by atoms with van der Waals surface area (Å²) in [7, 11) is 1.69.